The van der Waals surface area contributed by atoms with E-state index in [1.54, 1.807) is 17.5 Å². The Kier molecular flexibility index (Phi) is 4.67. The van der Waals surface area contributed by atoms with E-state index in [0.717, 1.165) is 43.0 Å². The van der Waals surface area contributed by atoms with Crippen molar-refractivity contribution in [1.29, 1.82) is 0 Å². The first-order chi connectivity index (χ1) is 12.7. The number of rotatable bonds is 4. The van der Waals surface area contributed by atoms with Crippen LogP contribution in [-0.2, 0) is 6.42 Å². The van der Waals surface area contributed by atoms with Crippen LogP contribution in [0.2, 0.25) is 0 Å². The lowest BCUT2D eigenvalue weighted by Gasteiger charge is -2.27. The van der Waals surface area contributed by atoms with E-state index in [2.05, 4.69) is 43.4 Å². The quantitative estimate of drug-likeness (QED) is 0.766. The number of hydrogen-bond acceptors (Lipinski definition) is 5. The van der Waals surface area contributed by atoms with Crippen LogP contribution in [0.15, 0.2) is 52.8 Å². The highest BCUT2D eigenvalue weighted by atomic mass is 32.1. The monoisotopic (exact) mass is 364 g/mol. The second-order valence-corrected chi connectivity index (χ2v) is 7.19. The minimum absolute atomic E-state index is 0.127. The topological polar surface area (TPSA) is 61.9 Å². The second kappa shape index (κ2) is 7.25. The number of nitrogens with one attached hydrogen (secondary N) is 1. The Hall–Kier alpha value is -2.73. The molecule has 1 aliphatic rings. The van der Waals surface area contributed by atoms with Crippen molar-refractivity contribution >= 4 is 22.7 Å². The van der Waals surface area contributed by atoms with Gasteiger partial charge < -0.3 is 9.88 Å². The molecule has 0 unspecified atom stereocenters. The van der Waals surface area contributed by atoms with Crippen LogP contribution in [0.1, 0.15) is 23.9 Å². The van der Waals surface area contributed by atoms with Crippen molar-refractivity contribution in [3.05, 3.63) is 68.9 Å². The first-order valence-corrected chi connectivity index (χ1v) is 9.65. The van der Waals surface area contributed by atoms with E-state index in [0.29, 0.717) is 5.82 Å². The number of hydrogen-bond donors (Lipinski definition) is 1. The minimum Gasteiger partial charge on any atom is -0.353 e. The van der Waals surface area contributed by atoms with Gasteiger partial charge in [-0.3, -0.25) is 4.79 Å². The maximum absolute atomic E-state index is 11.8. The molecule has 0 spiro atoms. The highest BCUT2D eigenvalue weighted by Gasteiger charge is 2.15. The van der Waals surface area contributed by atoms with Crippen LogP contribution in [0.4, 0.5) is 5.82 Å². The lowest BCUT2D eigenvalue weighted by atomic mass is 10.1. The van der Waals surface area contributed by atoms with E-state index in [-0.39, 0.29) is 5.56 Å². The van der Waals surface area contributed by atoms with Crippen LogP contribution < -0.4 is 10.5 Å². The normalized spacial score (nSPS) is 14.3. The van der Waals surface area contributed by atoms with Gasteiger partial charge in [-0.1, -0.05) is 19.1 Å². The zero-order valence-corrected chi connectivity index (χ0v) is 15.4. The molecule has 3 aromatic rings. The lowest BCUT2D eigenvalue weighted by Crippen LogP contribution is -2.28. The number of nitrogens with zero attached hydrogens (tertiary/aromatic N) is 3. The molecule has 0 saturated heterocycles. The highest BCUT2D eigenvalue weighted by molar-refractivity contribution is 7.11. The van der Waals surface area contributed by atoms with Crippen LogP contribution in [0, 0.1) is 0 Å². The van der Waals surface area contributed by atoms with E-state index in [1.165, 1.54) is 16.5 Å². The number of aryl methyl sites for hydroxylation is 1. The molecular formula is C20H20N4OS. The molecule has 0 bridgehead atoms. The number of anilines is 1. The van der Waals surface area contributed by atoms with Crippen molar-refractivity contribution in [2.75, 3.05) is 18.0 Å². The summed E-state index contributed by atoms with van der Waals surface area (Å²) in [7, 11) is 0. The standard InChI is InChI=1S/C20H20N4OS/c1-2-16-12-19(25)23-20(22-16)15-5-6-18(21-13-15)24-9-7-14(8-10-24)17-4-3-11-26-17/h3-7,11-13H,2,8-10H2,1H3,(H,22,23,25). The van der Waals surface area contributed by atoms with Crippen LogP contribution in [-0.4, -0.2) is 28.0 Å². The number of H-pyrrole nitrogens is 1. The number of thiophene rings is 1. The largest absolute Gasteiger partial charge is 0.353 e. The van der Waals surface area contributed by atoms with E-state index in [1.807, 2.05) is 19.1 Å². The molecule has 5 nitrogen and oxygen atoms in total. The smallest absolute Gasteiger partial charge is 0.251 e. The van der Waals surface area contributed by atoms with Gasteiger partial charge in [0.05, 0.1) is 0 Å². The maximum atomic E-state index is 11.8. The fraction of sp³-hybridized carbons (Fsp3) is 0.250. The Morgan fingerprint density at radius 3 is 2.88 bits per heavy atom. The molecule has 4 rings (SSSR count). The third-order valence-electron chi connectivity index (χ3n) is 4.55. The third-order valence-corrected chi connectivity index (χ3v) is 5.49. The van der Waals surface area contributed by atoms with E-state index in [4.69, 9.17) is 0 Å². The predicted octanol–water partition coefficient (Wildman–Crippen LogP) is 3.75. The van der Waals surface area contributed by atoms with Gasteiger partial charge in [0, 0.05) is 41.5 Å². The first-order valence-electron chi connectivity index (χ1n) is 8.77. The third kappa shape index (κ3) is 3.46. The van der Waals surface area contributed by atoms with Gasteiger partial charge in [0.15, 0.2) is 0 Å². The number of pyridine rings is 1. The van der Waals surface area contributed by atoms with Crippen LogP contribution >= 0.6 is 11.3 Å². The molecule has 0 atom stereocenters. The van der Waals surface area contributed by atoms with Crippen LogP contribution in [0.5, 0.6) is 0 Å². The molecule has 6 heteroatoms. The first kappa shape index (κ1) is 16.7. The fourth-order valence-electron chi connectivity index (χ4n) is 3.10. The molecule has 4 heterocycles. The number of aromatic nitrogens is 3. The summed E-state index contributed by atoms with van der Waals surface area (Å²) in [5, 5.41) is 2.12. The molecule has 0 fully saturated rings. The lowest BCUT2D eigenvalue weighted by molar-refractivity contribution is 0.818. The molecular weight excluding hydrogens is 344 g/mol. The second-order valence-electron chi connectivity index (χ2n) is 6.25. The van der Waals surface area contributed by atoms with E-state index < -0.39 is 0 Å². The minimum atomic E-state index is -0.127. The summed E-state index contributed by atoms with van der Waals surface area (Å²) in [4.78, 5) is 27.2. The predicted molar refractivity (Wildman–Crippen MR) is 107 cm³/mol. The highest BCUT2D eigenvalue weighted by Crippen LogP contribution is 2.28. The molecule has 0 aliphatic carbocycles. The van der Waals surface area contributed by atoms with Gasteiger partial charge in [0.1, 0.15) is 11.6 Å². The number of aromatic amines is 1. The molecule has 0 aromatic carbocycles. The molecule has 0 amide bonds. The summed E-state index contributed by atoms with van der Waals surface area (Å²) >= 11 is 1.79. The van der Waals surface area contributed by atoms with Gasteiger partial charge in [0.25, 0.3) is 5.56 Å². The summed E-state index contributed by atoms with van der Waals surface area (Å²) in [5.74, 6) is 1.52. The van der Waals surface area contributed by atoms with Crippen LogP contribution in [0.25, 0.3) is 17.0 Å². The summed E-state index contributed by atoms with van der Waals surface area (Å²) in [5.41, 5.74) is 2.91. The summed E-state index contributed by atoms with van der Waals surface area (Å²) in [6, 6.07) is 9.78. The van der Waals surface area contributed by atoms with Crippen molar-refractivity contribution in [1.82, 2.24) is 15.0 Å². The summed E-state index contributed by atoms with van der Waals surface area (Å²) in [6.07, 6.45) is 5.83. The summed E-state index contributed by atoms with van der Waals surface area (Å²) in [6.45, 7) is 3.80. The average Bonchev–Trinajstić information content (AvgIpc) is 3.22. The molecule has 0 radical (unpaired) electrons. The SMILES string of the molecule is CCc1cc(=O)[nH]c(-c2ccc(N3CC=C(c4cccs4)CC3)nc2)n1. The Morgan fingerprint density at radius 2 is 2.23 bits per heavy atom. The molecule has 3 aromatic heterocycles. The van der Waals surface area contributed by atoms with Gasteiger partial charge >= 0.3 is 0 Å². The Labute approximate surface area is 156 Å². The van der Waals surface area contributed by atoms with E-state index in [9.17, 15) is 4.79 Å². The Bertz CT molecular complexity index is 974. The molecule has 1 aliphatic heterocycles. The summed E-state index contributed by atoms with van der Waals surface area (Å²) < 4.78 is 0. The van der Waals surface area contributed by atoms with Gasteiger partial charge in [-0.25, -0.2) is 9.97 Å². The average molecular weight is 364 g/mol. The van der Waals surface area contributed by atoms with Crippen LogP contribution in [0.3, 0.4) is 0 Å². The fourth-order valence-corrected chi connectivity index (χ4v) is 3.90. The molecule has 1 N–H and O–H groups in total. The van der Waals surface area contributed by atoms with Crippen molar-refractivity contribution in [3.63, 3.8) is 0 Å². The van der Waals surface area contributed by atoms with Gasteiger partial charge in [0.2, 0.25) is 0 Å². The Morgan fingerprint density at radius 1 is 1.31 bits per heavy atom. The van der Waals surface area contributed by atoms with Gasteiger partial charge in [-0.05, 0) is 42.0 Å². The van der Waals surface area contributed by atoms with Crippen molar-refractivity contribution in [2.24, 2.45) is 0 Å². The maximum Gasteiger partial charge on any atom is 0.251 e. The van der Waals surface area contributed by atoms with Gasteiger partial charge in [-0.15, -0.1) is 11.3 Å². The van der Waals surface area contributed by atoms with Crippen molar-refractivity contribution < 1.29 is 0 Å². The zero-order valence-electron chi connectivity index (χ0n) is 14.6. The van der Waals surface area contributed by atoms with Gasteiger partial charge in [-0.2, -0.15) is 0 Å². The molecule has 0 saturated carbocycles. The van der Waals surface area contributed by atoms with E-state index >= 15 is 0 Å². The zero-order chi connectivity index (χ0) is 17.9. The van der Waals surface area contributed by atoms with Crippen molar-refractivity contribution in [2.45, 2.75) is 19.8 Å². The van der Waals surface area contributed by atoms with Crippen molar-refractivity contribution in [3.8, 4) is 11.4 Å². The Balaban J connectivity index is 1.52. The molecule has 132 valence electrons. The molecule has 26 heavy (non-hydrogen) atoms.